The van der Waals surface area contributed by atoms with E-state index in [0.717, 1.165) is 25.9 Å². The van der Waals surface area contributed by atoms with Crippen LogP contribution in [0.5, 0.6) is 0 Å². The van der Waals surface area contributed by atoms with Crippen molar-refractivity contribution in [2.75, 3.05) is 20.8 Å². The van der Waals surface area contributed by atoms with Gasteiger partial charge in [-0.2, -0.15) is 0 Å². The van der Waals surface area contributed by atoms with E-state index in [1.165, 1.54) is 14.2 Å². The number of rotatable bonds is 8. The molecule has 0 heterocycles. The Hall–Kier alpha value is -0.450. The number of ketones is 1. The normalized spacial score (nSPS) is 24.5. The largest absolute Gasteiger partial charge is 0.377 e. The minimum atomic E-state index is -1.12. The van der Waals surface area contributed by atoms with Gasteiger partial charge in [0.15, 0.2) is 5.78 Å². The molecule has 0 bridgehead atoms. The Morgan fingerprint density at radius 3 is 2.50 bits per heavy atom. The molecule has 1 saturated carbocycles. The number of hydrogen-bond donors (Lipinski definition) is 0. The van der Waals surface area contributed by atoms with Crippen molar-refractivity contribution in [3.63, 3.8) is 0 Å². The van der Waals surface area contributed by atoms with Gasteiger partial charge >= 0.3 is 0 Å². The summed E-state index contributed by atoms with van der Waals surface area (Å²) in [5.74, 6) is -1.19. The molecule has 1 aliphatic carbocycles. The van der Waals surface area contributed by atoms with Crippen LogP contribution < -0.4 is 0 Å². The van der Waals surface area contributed by atoms with Crippen molar-refractivity contribution >= 4 is 5.78 Å². The molecule has 0 amide bonds. The molecule has 0 spiro atoms. The first-order chi connectivity index (χ1) is 7.59. The second-order valence-electron chi connectivity index (χ2n) is 4.32. The third kappa shape index (κ3) is 3.03. The maximum Gasteiger partial charge on any atom is 0.225 e. The first kappa shape index (κ1) is 13.6. The minimum Gasteiger partial charge on any atom is -0.377 e. The predicted octanol–water partition coefficient (Wildman–Crippen LogP) is 1.77. The maximum atomic E-state index is 12.0. The van der Waals surface area contributed by atoms with E-state index >= 15 is 0 Å². The molecule has 1 aliphatic rings. The second-order valence-corrected chi connectivity index (χ2v) is 4.32. The van der Waals surface area contributed by atoms with E-state index in [-0.39, 0.29) is 17.8 Å². The number of unbranched alkanes of at least 4 members (excludes halogenated alkanes) is 1. The Balaban J connectivity index is 2.35. The van der Waals surface area contributed by atoms with Gasteiger partial charge < -0.3 is 14.2 Å². The van der Waals surface area contributed by atoms with Crippen LogP contribution in [0, 0.1) is 5.92 Å². The summed E-state index contributed by atoms with van der Waals surface area (Å²) in [5.41, 5.74) is 0. The summed E-state index contributed by atoms with van der Waals surface area (Å²) >= 11 is 0. The summed E-state index contributed by atoms with van der Waals surface area (Å²) in [6.45, 7) is 4.50. The molecule has 2 unspecified atom stereocenters. The fourth-order valence-corrected chi connectivity index (χ4v) is 1.63. The molecule has 0 radical (unpaired) electrons. The summed E-state index contributed by atoms with van der Waals surface area (Å²) < 4.78 is 15.8. The third-order valence-corrected chi connectivity index (χ3v) is 3.13. The number of Topliss-reactive ketones (excluding diaryl/α,β-unsaturated/α-hetero) is 1. The SMILES string of the molecule is CCCCOC1CC1C(=O)C(C)(OC)OC. The molecule has 1 rings (SSSR count). The molecule has 0 aromatic carbocycles. The number of ether oxygens (including phenoxy) is 3. The van der Waals surface area contributed by atoms with Crippen LogP contribution in [0.1, 0.15) is 33.1 Å². The van der Waals surface area contributed by atoms with Crippen LogP contribution in [0.3, 0.4) is 0 Å². The zero-order valence-corrected chi connectivity index (χ0v) is 10.6. The Bertz CT molecular complexity index is 235. The lowest BCUT2D eigenvalue weighted by molar-refractivity contribution is -0.200. The Labute approximate surface area is 97.2 Å². The number of carbonyl (C=O) groups is 1. The minimum absolute atomic E-state index is 0.0148. The fourth-order valence-electron chi connectivity index (χ4n) is 1.63. The van der Waals surface area contributed by atoms with E-state index in [9.17, 15) is 4.79 Å². The molecule has 2 atom stereocenters. The molecule has 1 fully saturated rings. The Morgan fingerprint density at radius 1 is 1.38 bits per heavy atom. The highest BCUT2D eigenvalue weighted by Crippen LogP contribution is 2.38. The van der Waals surface area contributed by atoms with Gasteiger partial charge in [-0.05, 0) is 19.8 Å². The van der Waals surface area contributed by atoms with Crippen molar-refractivity contribution in [1.29, 1.82) is 0 Å². The van der Waals surface area contributed by atoms with E-state index in [1.54, 1.807) is 6.92 Å². The molecule has 16 heavy (non-hydrogen) atoms. The van der Waals surface area contributed by atoms with Crippen LogP contribution in [0.25, 0.3) is 0 Å². The molecule has 0 aromatic rings. The zero-order valence-electron chi connectivity index (χ0n) is 10.6. The van der Waals surface area contributed by atoms with E-state index in [4.69, 9.17) is 14.2 Å². The molecule has 94 valence electrons. The summed E-state index contributed by atoms with van der Waals surface area (Å²) in [7, 11) is 2.97. The van der Waals surface area contributed by atoms with E-state index in [2.05, 4.69) is 6.92 Å². The van der Waals surface area contributed by atoms with E-state index in [1.807, 2.05) is 0 Å². The van der Waals surface area contributed by atoms with Crippen LogP contribution >= 0.6 is 0 Å². The molecule has 4 heteroatoms. The van der Waals surface area contributed by atoms with Crippen molar-refractivity contribution in [1.82, 2.24) is 0 Å². The monoisotopic (exact) mass is 230 g/mol. The maximum absolute atomic E-state index is 12.0. The van der Waals surface area contributed by atoms with Crippen LogP contribution in [-0.4, -0.2) is 38.5 Å². The molecular formula is C12H22O4. The quantitative estimate of drug-likeness (QED) is 0.471. The van der Waals surface area contributed by atoms with Gasteiger partial charge in [0.25, 0.3) is 0 Å². The highest BCUT2D eigenvalue weighted by molar-refractivity contribution is 5.90. The van der Waals surface area contributed by atoms with Gasteiger partial charge in [0.05, 0.1) is 12.0 Å². The lowest BCUT2D eigenvalue weighted by atomic mass is 10.1. The Kier molecular flexibility index (Phi) is 4.89. The van der Waals surface area contributed by atoms with Crippen molar-refractivity contribution < 1.29 is 19.0 Å². The van der Waals surface area contributed by atoms with Gasteiger partial charge in [-0.1, -0.05) is 13.3 Å². The highest BCUT2D eigenvalue weighted by Gasteiger charge is 2.51. The predicted molar refractivity (Wildman–Crippen MR) is 60.2 cm³/mol. The topological polar surface area (TPSA) is 44.8 Å². The highest BCUT2D eigenvalue weighted by atomic mass is 16.7. The standard InChI is InChI=1S/C12H22O4/c1-5-6-7-16-10-8-9(10)11(13)12(2,14-3)15-4/h9-10H,5-8H2,1-4H3. The lowest BCUT2D eigenvalue weighted by Gasteiger charge is -2.24. The summed E-state index contributed by atoms with van der Waals surface area (Å²) in [6, 6.07) is 0. The van der Waals surface area contributed by atoms with E-state index < -0.39 is 5.79 Å². The molecule has 0 saturated heterocycles. The van der Waals surface area contributed by atoms with E-state index in [0.29, 0.717) is 0 Å². The Morgan fingerprint density at radius 2 is 2.00 bits per heavy atom. The third-order valence-electron chi connectivity index (χ3n) is 3.13. The van der Waals surface area contributed by atoms with Gasteiger partial charge in [0.1, 0.15) is 0 Å². The van der Waals surface area contributed by atoms with Crippen molar-refractivity contribution in [3.05, 3.63) is 0 Å². The molecule has 0 N–H and O–H groups in total. The average Bonchev–Trinajstić information content (AvgIpc) is 3.07. The van der Waals surface area contributed by atoms with Crippen molar-refractivity contribution in [3.8, 4) is 0 Å². The van der Waals surface area contributed by atoms with Crippen LogP contribution in [0.15, 0.2) is 0 Å². The summed E-state index contributed by atoms with van der Waals surface area (Å²) in [6.07, 6.45) is 3.02. The van der Waals surface area contributed by atoms with Crippen molar-refractivity contribution in [2.24, 2.45) is 5.92 Å². The van der Waals surface area contributed by atoms with Crippen LogP contribution in [0.2, 0.25) is 0 Å². The first-order valence-corrected chi connectivity index (χ1v) is 5.85. The van der Waals surface area contributed by atoms with Gasteiger partial charge in [-0.25, -0.2) is 0 Å². The molecule has 0 aromatic heterocycles. The van der Waals surface area contributed by atoms with Crippen LogP contribution in [0.4, 0.5) is 0 Å². The lowest BCUT2D eigenvalue weighted by Crippen LogP contribution is -2.41. The van der Waals surface area contributed by atoms with Gasteiger partial charge in [0.2, 0.25) is 5.79 Å². The summed E-state index contributed by atoms with van der Waals surface area (Å²) in [4.78, 5) is 12.0. The van der Waals surface area contributed by atoms with Gasteiger partial charge in [-0.15, -0.1) is 0 Å². The fraction of sp³-hybridized carbons (Fsp3) is 0.917. The van der Waals surface area contributed by atoms with Crippen molar-refractivity contribution in [2.45, 2.75) is 45.0 Å². The molecule has 4 nitrogen and oxygen atoms in total. The number of methoxy groups -OCH3 is 2. The summed E-state index contributed by atoms with van der Waals surface area (Å²) in [5, 5.41) is 0. The first-order valence-electron chi connectivity index (χ1n) is 5.85. The van der Waals surface area contributed by atoms with Crippen LogP contribution in [-0.2, 0) is 19.0 Å². The zero-order chi connectivity index (χ0) is 12.2. The van der Waals surface area contributed by atoms with Gasteiger partial charge in [-0.3, -0.25) is 4.79 Å². The number of hydrogen-bond acceptors (Lipinski definition) is 4. The van der Waals surface area contributed by atoms with Gasteiger partial charge in [0, 0.05) is 20.8 Å². The molecular weight excluding hydrogens is 208 g/mol. The smallest absolute Gasteiger partial charge is 0.225 e. The average molecular weight is 230 g/mol. The molecule has 0 aliphatic heterocycles. The number of carbonyl (C=O) groups excluding carboxylic acids is 1. The second kappa shape index (κ2) is 5.75.